The molecule has 1 unspecified atom stereocenters. The molecule has 0 amide bonds. The molecule has 0 radical (unpaired) electrons. The maximum absolute atomic E-state index is 12.8. The normalized spacial score (nSPS) is 15.1. The highest BCUT2D eigenvalue weighted by molar-refractivity contribution is 5.94. The van der Waals surface area contributed by atoms with Crippen LogP contribution >= 0.6 is 0 Å². The first kappa shape index (κ1) is 22.6. The SMILES string of the molecule is O=C(OCC1CCCO1)c1cccc(OC(=O)c2ccccc2OCCc2ccccc2)c1. The monoisotopic (exact) mass is 446 g/mol. The van der Waals surface area contributed by atoms with Gasteiger partial charge >= 0.3 is 11.9 Å². The van der Waals surface area contributed by atoms with E-state index in [2.05, 4.69) is 0 Å². The zero-order valence-corrected chi connectivity index (χ0v) is 18.3. The van der Waals surface area contributed by atoms with Crippen LogP contribution < -0.4 is 9.47 Å². The number of carbonyl (C=O) groups is 2. The van der Waals surface area contributed by atoms with Gasteiger partial charge in [0.1, 0.15) is 23.7 Å². The van der Waals surface area contributed by atoms with Crippen LogP contribution in [0.2, 0.25) is 0 Å². The van der Waals surface area contributed by atoms with Gasteiger partial charge in [-0.05, 0) is 48.7 Å². The van der Waals surface area contributed by atoms with Crippen LogP contribution in [0.5, 0.6) is 11.5 Å². The quantitative estimate of drug-likeness (QED) is 0.345. The number of hydrogen-bond acceptors (Lipinski definition) is 6. The summed E-state index contributed by atoms with van der Waals surface area (Å²) in [5.41, 5.74) is 1.78. The lowest BCUT2D eigenvalue weighted by atomic mass is 10.1. The van der Waals surface area contributed by atoms with Gasteiger partial charge in [-0.3, -0.25) is 0 Å². The minimum Gasteiger partial charge on any atom is -0.492 e. The Hall–Kier alpha value is -3.64. The average molecular weight is 446 g/mol. The van der Waals surface area contributed by atoms with Crippen molar-refractivity contribution in [3.63, 3.8) is 0 Å². The molecule has 6 nitrogen and oxygen atoms in total. The minimum atomic E-state index is -0.560. The van der Waals surface area contributed by atoms with Crippen LogP contribution in [-0.2, 0) is 15.9 Å². The second kappa shape index (κ2) is 11.3. The van der Waals surface area contributed by atoms with E-state index in [1.165, 1.54) is 6.07 Å². The molecule has 4 rings (SSSR count). The van der Waals surface area contributed by atoms with Crippen LogP contribution in [0.1, 0.15) is 39.1 Å². The van der Waals surface area contributed by atoms with Gasteiger partial charge in [0.05, 0.1) is 18.3 Å². The van der Waals surface area contributed by atoms with Gasteiger partial charge in [0.15, 0.2) is 0 Å². The fraction of sp³-hybridized carbons (Fsp3) is 0.259. The predicted octanol–water partition coefficient (Wildman–Crippen LogP) is 4.86. The highest BCUT2D eigenvalue weighted by atomic mass is 16.6. The zero-order chi connectivity index (χ0) is 22.9. The molecule has 1 heterocycles. The molecule has 0 N–H and O–H groups in total. The summed E-state index contributed by atoms with van der Waals surface area (Å²) in [7, 11) is 0. The van der Waals surface area contributed by atoms with Gasteiger partial charge in [-0.2, -0.15) is 0 Å². The van der Waals surface area contributed by atoms with Crippen molar-refractivity contribution >= 4 is 11.9 Å². The second-order valence-electron chi connectivity index (χ2n) is 7.73. The molecule has 170 valence electrons. The fourth-order valence-electron chi connectivity index (χ4n) is 3.56. The molecule has 33 heavy (non-hydrogen) atoms. The van der Waals surface area contributed by atoms with Crippen molar-refractivity contribution in [2.45, 2.75) is 25.4 Å². The number of esters is 2. The third-order valence-corrected chi connectivity index (χ3v) is 5.30. The molecule has 1 aliphatic rings. The summed E-state index contributed by atoms with van der Waals surface area (Å²) in [6.07, 6.45) is 2.54. The Bertz CT molecular complexity index is 1070. The molecular weight excluding hydrogens is 420 g/mol. The average Bonchev–Trinajstić information content (AvgIpc) is 3.37. The standard InChI is InChI=1S/C27H26O6/c28-26(32-19-23-12-7-16-30-23)21-10-6-11-22(18-21)33-27(29)24-13-4-5-14-25(24)31-17-15-20-8-2-1-3-9-20/h1-6,8-11,13-14,18,23H,7,12,15-17,19H2. The Morgan fingerprint density at radius 2 is 1.73 bits per heavy atom. The van der Waals surface area contributed by atoms with Crippen molar-refractivity contribution in [1.82, 2.24) is 0 Å². The number of rotatable bonds is 9. The number of para-hydroxylation sites is 1. The summed E-state index contributed by atoms with van der Waals surface area (Å²) in [4.78, 5) is 25.2. The predicted molar refractivity (Wildman–Crippen MR) is 123 cm³/mol. The fourth-order valence-corrected chi connectivity index (χ4v) is 3.56. The molecule has 0 aromatic heterocycles. The van der Waals surface area contributed by atoms with E-state index in [0.29, 0.717) is 30.1 Å². The molecule has 6 heteroatoms. The molecular formula is C27H26O6. The van der Waals surface area contributed by atoms with Gasteiger partial charge in [0.25, 0.3) is 0 Å². The van der Waals surface area contributed by atoms with E-state index in [4.69, 9.17) is 18.9 Å². The zero-order valence-electron chi connectivity index (χ0n) is 18.3. The van der Waals surface area contributed by atoms with E-state index in [-0.39, 0.29) is 18.5 Å². The summed E-state index contributed by atoms with van der Waals surface area (Å²) < 4.78 is 22.2. The van der Waals surface area contributed by atoms with Crippen LogP contribution in [-0.4, -0.2) is 37.9 Å². The molecule has 3 aromatic rings. The Balaban J connectivity index is 1.36. The van der Waals surface area contributed by atoms with Gasteiger partial charge < -0.3 is 18.9 Å². The Labute approximate surface area is 193 Å². The second-order valence-corrected chi connectivity index (χ2v) is 7.73. The van der Waals surface area contributed by atoms with Gasteiger partial charge in [0, 0.05) is 13.0 Å². The van der Waals surface area contributed by atoms with E-state index < -0.39 is 11.9 Å². The lowest BCUT2D eigenvalue weighted by molar-refractivity contribution is 0.0161. The van der Waals surface area contributed by atoms with Gasteiger partial charge in [0.2, 0.25) is 0 Å². The van der Waals surface area contributed by atoms with Crippen LogP contribution in [0.15, 0.2) is 78.9 Å². The van der Waals surface area contributed by atoms with Gasteiger partial charge in [-0.15, -0.1) is 0 Å². The first-order valence-electron chi connectivity index (χ1n) is 11.1. The van der Waals surface area contributed by atoms with E-state index in [0.717, 1.165) is 24.8 Å². The van der Waals surface area contributed by atoms with Crippen LogP contribution in [0.4, 0.5) is 0 Å². The topological polar surface area (TPSA) is 71.1 Å². The Morgan fingerprint density at radius 1 is 0.909 bits per heavy atom. The van der Waals surface area contributed by atoms with E-state index in [1.54, 1.807) is 42.5 Å². The van der Waals surface area contributed by atoms with Crippen molar-refractivity contribution in [3.8, 4) is 11.5 Å². The van der Waals surface area contributed by atoms with Crippen LogP contribution in [0.3, 0.4) is 0 Å². The maximum Gasteiger partial charge on any atom is 0.347 e. The molecule has 1 aliphatic heterocycles. The number of carbonyl (C=O) groups excluding carboxylic acids is 2. The lowest BCUT2D eigenvalue weighted by Crippen LogP contribution is -2.18. The van der Waals surface area contributed by atoms with Crippen molar-refractivity contribution < 1.29 is 28.5 Å². The number of hydrogen-bond donors (Lipinski definition) is 0. The highest BCUT2D eigenvalue weighted by Gasteiger charge is 2.19. The molecule has 0 saturated carbocycles. The van der Waals surface area contributed by atoms with Crippen LogP contribution in [0, 0.1) is 0 Å². The van der Waals surface area contributed by atoms with E-state index >= 15 is 0 Å². The van der Waals surface area contributed by atoms with Crippen molar-refractivity contribution in [2.75, 3.05) is 19.8 Å². The summed E-state index contributed by atoms with van der Waals surface area (Å²) >= 11 is 0. The minimum absolute atomic E-state index is 0.0478. The summed E-state index contributed by atoms with van der Waals surface area (Å²) in [5.74, 6) is -0.334. The summed E-state index contributed by atoms with van der Waals surface area (Å²) in [6, 6.07) is 23.3. The van der Waals surface area contributed by atoms with Crippen molar-refractivity contribution in [1.29, 1.82) is 0 Å². The molecule has 1 fully saturated rings. The molecule has 1 atom stereocenters. The number of benzene rings is 3. The van der Waals surface area contributed by atoms with Crippen molar-refractivity contribution in [3.05, 3.63) is 95.6 Å². The first-order chi connectivity index (χ1) is 16.2. The highest BCUT2D eigenvalue weighted by Crippen LogP contribution is 2.22. The lowest BCUT2D eigenvalue weighted by Gasteiger charge is -2.12. The van der Waals surface area contributed by atoms with Gasteiger partial charge in [-0.1, -0.05) is 48.5 Å². The number of ether oxygens (including phenoxy) is 4. The summed E-state index contributed by atoms with van der Waals surface area (Å²) in [6.45, 7) is 1.35. The first-order valence-corrected chi connectivity index (χ1v) is 11.1. The smallest absolute Gasteiger partial charge is 0.347 e. The van der Waals surface area contributed by atoms with E-state index in [9.17, 15) is 9.59 Å². The molecule has 3 aromatic carbocycles. The van der Waals surface area contributed by atoms with Crippen molar-refractivity contribution in [2.24, 2.45) is 0 Å². The molecule has 1 saturated heterocycles. The molecule has 0 spiro atoms. The summed E-state index contributed by atoms with van der Waals surface area (Å²) in [5, 5.41) is 0. The Kier molecular flexibility index (Phi) is 7.72. The molecule has 0 aliphatic carbocycles. The largest absolute Gasteiger partial charge is 0.492 e. The van der Waals surface area contributed by atoms with E-state index in [1.807, 2.05) is 30.3 Å². The molecule has 0 bridgehead atoms. The third kappa shape index (κ3) is 6.43. The third-order valence-electron chi connectivity index (χ3n) is 5.30. The maximum atomic E-state index is 12.8. The van der Waals surface area contributed by atoms with Crippen LogP contribution in [0.25, 0.3) is 0 Å². The van der Waals surface area contributed by atoms with Gasteiger partial charge in [-0.25, -0.2) is 9.59 Å². The Morgan fingerprint density at radius 3 is 2.55 bits per heavy atom.